The molecule has 0 fully saturated rings. The summed E-state index contributed by atoms with van der Waals surface area (Å²) in [6.07, 6.45) is 3.01. The van der Waals surface area contributed by atoms with Crippen molar-refractivity contribution in [2.24, 2.45) is 0 Å². The first kappa shape index (κ1) is 11.7. The lowest BCUT2D eigenvalue weighted by molar-refractivity contribution is 1.08. The third kappa shape index (κ3) is 2.65. The van der Waals surface area contributed by atoms with Crippen molar-refractivity contribution in [2.45, 2.75) is 12.3 Å². The van der Waals surface area contributed by atoms with E-state index in [1.54, 1.807) is 0 Å². The summed E-state index contributed by atoms with van der Waals surface area (Å²) in [5.74, 6) is 0.261. The topological polar surface area (TPSA) is 57.8 Å². The monoisotopic (exact) mass is 249 g/mol. The van der Waals surface area contributed by atoms with Crippen LogP contribution in [0.15, 0.2) is 41.5 Å². The molecule has 1 aromatic heterocycles. The summed E-state index contributed by atoms with van der Waals surface area (Å²) >= 11 is 6.07. The van der Waals surface area contributed by atoms with Crippen molar-refractivity contribution in [1.82, 2.24) is 9.97 Å². The summed E-state index contributed by atoms with van der Waals surface area (Å²) in [5, 5.41) is 2.85. The molecule has 0 aliphatic rings. The number of nitrogens with zero attached hydrogens (tertiary/aromatic N) is 1. The molecule has 0 aliphatic carbocycles. The lowest BCUT2D eigenvalue weighted by atomic mass is 10.1. The summed E-state index contributed by atoms with van der Waals surface area (Å²) in [5.41, 5.74) is 1.46. The van der Waals surface area contributed by atoms with Gasteiger partial charge in [0.15, 0.2) is 5.82 Å². The van der Waals surface area contributed by atoms with Crippen LogP contribution in [-0.4, -0.2) is 9.97 Å². The molecule has 1 aromatic carbocycles. The Hall–Kier alpha value is -1.81. The predicted octanol–water partition coefficient (Wildman–Crippen LogP) is 2.81. The minimum atomic E-state index is -0.260. The second-order valence-electron chi connectivity index (χ2n) is 3.60. The van der Waals surface area contributed by atoms with Crippen LogP contribution in [0.2, 0.25) is 0 Å². The zero-order chi connectivity index (χ0) is 12.3. The van der Waals surface area contributed by atoms with Gasteiger partial charge in [-0.2, -0.15) is 0 Å². The van der Waals surface area contributed by atoms with E-state index < -0.39 is 0 Å². The number of aromatic amines is 1. The van der Waals surface area contributed by atoms with Crippen molar-refractivity contribution >= 4 is 23.1 Å². The van der Waals surface area contributed by atoms with Gasteiger partial charge in [-0.15, -0.1) is 11.6 Å². The Kier molecular flexibility index (Phi) is 3.44. The molecule has 2 rings (SSSR count). The molecule has 88 valence electrons. The maximum Gasteiger partial charge on any atom is 0.291 e. The lowest BCUT2D eigenvalue weighted by Gasteiger charge is -2.11. The summed E-state index contributed by atoms with van der Waals surface area (Å²) in [4.78, 5) is 18.0. The molecule has 0 radical (unpaired) electrons. The molecule has 2 N–H and O–H groups in total. The minimum Gasteiger partial charge on any atom is -0.335 e. The van der Waals surface area contributed by atoms with Crippen LogP contribution in [-0.2, 0) is 0 Å². The van der Waals surface area contributed by atoms with Crippen molar-refractivity contribution in [3.63, 3.8) is 0 Å². The van der Waals surface area contributed by atoms with E-state index >= 15 is 0 Å². The van der Waals surface area contributed by atoms with Crippen molar-refractivity contribution in [1.29, 1.82) is 0 Å². The Balaban J connectivity index is 2.37. The van der Waals surface area contributed by atoms with Crippen LogP contribution < -0.4 is 10.9 Å². The molecule has 0 aliphatic heterocycles. The van der Waals surface area contributed by atoms with Crippen LogP contribution in [0.1, 0.15) is 17.9 Å². The number of para-hydroxylation sites is 1. The first-order chi connectivity index (χ1) is 8.18. The Labute approximate surface area is 104 Å². The Bertz CT molecular complexity index is 565. The maximum absolute atomic E-state index is 11.5. The third-order valence-corrected chi connectivity index (χ3v) is 2.59. The molecule has 1 atom stereocenters. The number of aromatic nitrogens is 2. The molecule has 4 nitrogen and oxygen atoms in total. The smallest absolute Gasteiger partial charge is 0.291 e. The van der Waals surface area contributed by atoms with Crippen LogP contribution in [0.3, 0.4) is 0 Å². The molecule has 0 saturated heterocycles. The van der Waals surface area contributed by atoms with E-state index in [1.165, 1.54) is 12.4 Å². The minimum absolute atomic E-state index is 0.138. The van der Waals surface area contributed by atoms with Crippen LogP contribution in [0, 0.1) is 0 Å². The van der Waals surface area contributed by atoms with Crippen LogP contribution in [0.25, 0.3) is 0 Å². The standard InChI is InChI=1S/C12H12ClN3O/c1-8(13)9-4-2-3-5-10(9)16-11-12(17)15-7-6-14-11/h2-8H,1H3,(H,14,16)(H,15,17). The Morgan fingerprint density at radius 1 is 1.41 bits per heavy atom. The second kappa shape index (κ2) is 5.01. The fourth-order valence-electron chi connectivity index (χ4n) is 1.53. The summed E-state index contributed by atoms with van der Waals surface area (Å²) in [7, 11) is 0. The average molecular weight is 250 g/mol. The van der Waals surface area contributed by atoms with Crippen LogP contribution in [0.5, 0.6) is 0 Å². The number of alkyl halides is 1. The molecule has 1 heterocycles. The zero-order valence-corrected chi connectivity index (χ0v) is 10.0. The van der Waals surface area contributed by atoms with Gasteiger partial charge in [0, 0.05) is 18.1 Å². The molecule has 0 bridgehead atoms. The fourth-order valence-corrected chi connectivity index (χ4v) is 1.72. The maximum atomic E-state index is 11.5. The molecule has 0 saturated carbocycles. The number of rotatable bonds is 3. The molecule has 17 heavy (non-hydrogen) atoms. The van der Waals surface area contributed by atoms with Crippen molar-refractivity contribution < 1.29 is 0 Å². The highest BCUT2D eigenvalue weighted by atomic mass is 35.5. The molecule has 5 heteroatoms. The predicted molar refractivity (Wildman–Crippen MR) is 68.9 cm³/mol. The van der Waals surface area contributed by atoms with Gasteiger partial charge in [0.25, 0.3) is 5.56 Å². The van der Waals surface area contributed by atoms with Gasteiger partial charge in [-0.25, -0.2) is 4.98 Å². The number of H-pyrrole nitrogens is 1. The molecule has 0 spiro atoms. The molecular formula is C12H12ClN3O. The summed E-state index contributed by atoms with van der Waals surface area (Å²) in [6, 6.07) is 7.56. The van der Waals surface area contributed by atoms with Gasteiger partial charge in [-0.1, -0.05) is 18.2 Å². The number of benzene rings is 1. The number of anilines is 2. The number of hydrogen-bond acceptors (Lipinski definition) is 3. The van der Waals surface area contributed by atoms with E-state index in [2.05, 4.69) is 15.3 Å². The highest BCUT2D eigenvalue weighted by Gasteiger charge is 2.09. The first-order valence-electron chi connectivity index (χ1n) is 5.22. The first-order valence-corrected chi connectivity index (χ1v) is 5.66. The molecule has 2 aromatic rings. The third-order valence-electron chi connectivity index (χ3n) is 2.35. The Morgan fingerprint density at radius 2 is 2.18 bits per heavy atom. The van der Waals surface area contributed by atoms with Crippen molar-refractivity contribution in [3.8, 4) is 0 Å². The van der Waals surface area contributed by atoms with E-state index in [1.807, 2.05) is 31.2 Å². The number of nitrogens with one attached hydrogen (secondary N) is 2. The van der Waals surface area contributed by atoms with Gasteiger partial charge in [0.2, 0.25) is 0 Å². The van der Waals surface area contributed by atoms with E-state index in [0.717, 1.165) is 11.3 Å². The zero-order valence-electron chi connectivity index (χ0n) is 9.27. The van der Waals surface area contributed by atoms with Gasteiger partial charge in [0.1, 0.15) is 0 Å². The fraction of sp³-hybridized carbons (Fsp3) is 0.167. The average Bonchev–Trinajstić information content (AvgIpc) is 2.32. The molecule has 0 amide bonds. The second-order valence-corrected chi connectivity index (χ2v) is 4.25. The molecular weight excluding hydrogens is 238 g/mol. The highest BCUT2D eigenvalue weighted by Crippen LogP contribution is 2.28. The van der Waals surface area contributed by atoms with Crippen LogP contribution >= 0.6 is 11.6 Å². The summed E-state index contributed by atoms with van der Waals surface area (Å²) < 4.78 is 0. The van der Waals surface area contributed by atoms with Crippen LogP contribution in [0.4, 0.5) is 11.5 Å². The van der Waals surface area contributed by atoms with Gasteiger partial charge < -0.3 is 10.3 Å². The number of halogens is 1. The van der Waals surface area contributed by atoms with Gasteiger partial charge in [-0.3, -0.25) is 4.79 Å². The SMILES string of the molecule is CC(Cl)c1ccccc1Nc1ncc[nH]c1=O. The lowest BCUT2D eigenvalue weighted by Crippen LogP contribution is -2.13. The van der Waals surface area contributed by atoms with Gasteiger partial charge in [0.05, 0.1) is 5.38 Å². The van der Waals surface area contributed by atoms with Crippen molar-refractivity contribution in [2.75, 3.05) is 5.32 Å². The van der Waals surface area contributed by atoms with Gasteiger partial charge >= 0.3 is 0 Å². The number of hydrogen-bond donors (Lipinski definition) is 2. The van der Waals surface area contributed by atoms with E-state index in [0.29, 0.717) is 0 Å². The van der Waals surface area contributed by atoms with E-state index in [9.17, 15) is 4.79 Å². The van der Waals surface area contributed by atoms with Gasteiger partial charge in [-0.05, 0) is 18.6 Å². The van der Waals surface area contributed by atoms with E-state index in [-0.39, 0.29) is 16.8 Å². The highest BCUT2D eigenvalue weighted by molar-refractivity contribution is 6.21. The normalized spacial score (nSPS) is 12.1. The summed E-state index contributed by atoms with van der Waals surface area (Å²) in [6.45, 7) is 1.88. The van der Waals surface area contributed by atoms with Crippen molar-refractivity contribution in [3.05, 3.63) is 52.6 Å². The quantitative estimate of drug-likeness (QED) is 0.823. The largest absolute Gasteiger partial charge is 0.335 e. The Morgan fingerprint density at radius 3 is 2.88 bits per heavy atom. The van der Waals surface area contributed by atoms with E-state index in [4.69, 9.17) is 11.6 Å². The molecule has 1 unspecified atom stereocenters.